The van der Waals surface area contributed by atoms with Gasteiger partial charge in [-0.3, -0.25) is 10.1 Å². The molecule has 0 fully saturated rings. The van der Waals surface area contributed by atoms with Gasteiger partial charge in [0.25, 0.3) is 5.69 Å². The van der Waals surface area contributed by atoms with Gasteiger partial charge in [0, 0.05) is 23.2 Å². The van der Waals surface area contributed by atoms with Crippen LogP contribution in [0.5, 0.6) is 5.75 Å². The van der Waals surface area contributed by atoms with Gasteiger partial charge < -0.3 is 9.84 Å². The molecule has 126 valence electrons. The number of nitro groups is 1. The third-order valence-electron chi connectivity index (χ3n) is 3.37. The lowest BCUT2D eigenvalue weighted by molar-refractivity contribution is -0.385. The van der Waals surface area contributed by atoms with E-state index in [2.05, 4.69) is 4.99 Å². The highest BCUT2D eigenvalue weighted by molar-refractivity contribution is 7.16. The van der Waals surface area contributed by atoms with Crippen LogP contribution in [0.1, 0.15) is 33.3 Å². The van der Waals surface area contributed by atoms with Crippen LogP contribution in [0.15, 0.2) is 23.2 Å². The van der Waals surface area contributed by atoms with Crippen molar-refractivity contribution in [1.82, 2.24) is 0 Å². The molecule has 0 atom stereocenters. The third-order valence-corrected chi connectivity index (χ3v) is 4.49. The zero-order valence-corrected chi connectivity index (χ0v) is 14.2. The second kappa shape index (κ2) is 7.22. The highest BCUT2D eigenvalue weighted by Crippen LogP contribution is 2.35. The summed E-state index contributed by atoms with van der Waals surface area (Å²) in [5.74, 6) is -0.861. The third kappa shape index (κ3) is 3.60. The van der Waals surface area contributed by atoms with Crippen molar-refractivity contribution < 1.29 is 19.6 Å². The van der Waals surface area contributed by atoms with Gasteiger partial charge >= 0.3 is 5.97 Å². The van der Waals surface area contributed by atoms with Gasteiger partial charge in [0.15, 0.2) is 0 Å². The summed E-state index contributed by atoms with van der Waals surface area (Å²) >= 11 is 1.30. The number of carbonyl (C=O) groups excluding carboxylic acids is 1. The predicted molar refractivity (Wildman–Crippen MR) is 89.5 cm³/mol. The minimum Gasteiger partial charge on any atom is -0.872 e. The second-order valence-corrected chi connectivity index (χ2v) is 6.12. The molecule has 0 aliphatic carbocycles. The number of esters is 1. The molecule has 1 heterocycles. The molecule has 0 unspecified atom stereocenters. The Morgan fingerprint density at radius 3 is 2.75 bits per heavy atom. The van der Waals surface area contributed by atoms with E-state index in [1.807, 2.05) is 6.92 Å². The summed E-state index contributed by atoms with van der Waals surface area (Å²) in [5.41, 5.74) is 1.02. The van der Waals surface area contributed by atoms with Crippen LogP contribution in [-0.4, -0.2) is 23.7 Å². The Kier molecular flexibility index (Phi) is 5.30. The molecule has 0 saturated heterocycles. The summed E-state index contributed by atoms with van der Waals surface area (Å²) in [6.45, 7) is 5.60. The number of carbonyl (C=O) groups is 1. The molecular weight excluding hydrogens is 332 g/mol. The van der Waals surface area contributed by atoms with Gasteiger partial charge in [-0.15, -0.1) is 11.3 Å². The smallest absolute Gasteiger partial charge is 0.341 e. The number of hydrogen-bond acceptors (Lipinski definition) is 7. The van der Waals surface area contributed by atoms with Crippen LogP contribution in [0, 0.1) is 24.0 Å². The molecule has 24 heavy (non-hydrogen) atoms. The van der Waals surface area contributed by atoms with E-state index in [4.69, 9.17) is 4.74 Å². The SMILES string of the molecule is CCOC(=O)c1c(N=Cc2cc([N+](=O)[O-])ccc2[O-])sc(C)c1C. The van der Waals surface area contributed by atoms with Gasteiger partial charge in [-0.2, -0.15) is 0 Å². The molecule has 2 aromatic rings. The summed E-state index contributed by atoms with van der Waals surface area (Å²) in [4.78, 5) is 27.4. The summed E-state index contributed by atoms with van der Waals surface area (Å²) in [6.07, 6.45) is 1.24. The normalized spacial score (nSPS) is 11.0. The molecule has 8 heteroatoms. The maximum absolute atomic E-state index is 12.1. The van der Waals surface area contributed by atoms with Crippen molar-refractivity contribution in [3.63, 3.8) is 0 Å². The van der Waals surface area contributed by atoms with Crippen LogP contribution in [0.4, 0.5) is 10.7 Å². The maximum Gasteiger partial charge on any atom is 0.341 e. The van der Waals surface area contributed by atoms with Gasteiger partial charge in [0.1, 0.15) is 5.00 Å². The van der Waals surface area contributed by atoms with Crippen LogP contribution in [0.3, 0.4) is 0 Å². The number of ether oxygens (including phenoxy) is 1. The van der Waals surface area contributed by atoms with Gasteiger partial charge in [0.2, 0.25) is 0 Å². The molecule has 1 aromatic heterocycles. The standard InChI is InChI=1S/C16H16N2O5S/c1-4-23-16(20)14-9(2)10(3)24-15(14)17-8-11-7-12(18(21)22)5-6-13(11)19/h5-8,19H,4H2,1-3H3/p-1. The Labute approximate surface area is 142 Å². The van der Waals surface area contributed by atoms with Crippen molar-refractivity contribution in [2.75, 3.05) is 6.61 Å². The quantitative estimate of drug-likeness (QED) is 0.357. The first-order chi connectivity index (χ1) is 11.3. The number of nitro benzene ring substituents is 1. The van der Waals surface area contributed by atoms with E-state index in [0.29, 0.717) is 10.6 Å². The van der Waals surface area contributed by atoms with Crippen LogP contribution in [0.2, 0.25) is 0 Å². The predicted octanol–water partition coefficient (Wildman–Crippen LogP) is 3.27. The van der Waals surface area contributed by atoms with Crippen LogP contribution >= 0.6 is 11.3 Å². The largest absolute Gasteiger partial charge is 0.872 e. The topological polar surface area (TPSA) is 105 Å². The first-order valence-electron chi connectivity index (χ1n) is 7.11. The molecule has 0 aliphatic rings. The van der Waals surface area contributed by atoms with E-state index in [0.717, 1.165) is 28.6 Å². The Bertz CT molecular complexity index is 826. The summed E-state index contributed by atoms with van der Waals surface area (Å²) in [5, 5.41) is 23.0. The molecule has 0 amide bonds. The van der Waals surface area contributed by atoms with E-state index < -0.39 is 10.9 Å². The van der Waals surface area contributed by atoms with Crippen molar-refractivity contribution in [3.05, 3.63) is 49.9 Å². The van der Waals surface area contributed by atoms with E-state index in [1.54, 1.807) is 13.8 Å². The summed E-state index contributed by atoms with van der Waals surface area (Å²) in [7, 11) is 0. The highest BCUT2D eigenvalue weighted by atomic mass is 32.1. The Morgan fingerprint density at radius 2 is 2.12 bits per heavy atom. The van der Waals surface area contributed by atoms with Gasteiger partial charge in [-0.25, -0.2) is 9.79 Å². The van der Waals surface area contributed by atoms with Crippen LogP contribution < -0.4 is 5.11 Å². The number of hydrogen-bond donors (Lipinski definition) is 0. The Balaban J connectivity index is 2.43. The number of benzene rings is 1. The highest BCUT2D eigenvalue weighted by Gasteiger charge is 2.20. The Hall–Kier alpha value is -2.74. The molecule has 1 aromatic carbocycles. The fraction of sp³-hybridized carbons (Fsp3) is 0.250. The van der Waals surface area contributed by atoms with E-state index >= 15 is 0 Å². The maximum atomic E-state index is 12.1. The van der Waals surface area contributed by atoms with Crippen molar-refractivity contribution in [2.45, 2.75) is 20.8 Å². The zero-order chi connectivity index (χ0) is 17.9. The summed E-state index contributed by atoms with van der Waals surface area (Å²) < 4.78 is 5.03. The van der Waals surface area contributed by atoms with E-state index in [9.17, 15) is 20.0 Å². The first kappa shape index (κ1) is 17.6. The number of rotatable bonds is 5. The zero-order valence-electron chi connectivity index (χ0n) is 13.4. The lowest BCUT2D eigenvalue weighted by atomic mass is 10.1. The van der Waals surface area contributed by atoms with E-state index in [-0.39, 0.29) is 23.6 Å². The van der Waals surface area contributed by atoms with Crippen molar-refractivity contribution >= 4 is 34.2 Å². The molecule has 0 spiro atoms. The van der Waals surface area contributed by atoms with Crippen LogP contribution in [0.25, 0.3) is 0 Å². The summed E-state index contributed by atoms with van der Waals surface area (Å²) in [6, 6.07) is 3.42. The minimum absolute atomic E-state index is 0.0858. The number of thiophene rings is 1. The fourth-order valence-corrected chi connectivity index (χ4v) is 3.01. The number of aliphatic imine (C=N–C) groups is 1. The number of aryl methyl sites for hydroxylation is 1. The number of nitrogens with zero attached hydrogens (tertiary/aromatic N) is 2. The van der Waals surface area contributed by atoms with Gasteiger partial charge in [0.05, 0.1) is 17.1 Å². The fourth-order valence-electron chi connectivity index (χ4n) is 2.02. The van der Waals surface area contributed by atoms with Gasteiger partial charge in [-0.05, 0) is 31.9 Å². The average Bonchev–Trinajstić information content (AvgIpc) is 2.81. The molecule has 0 N–H and O–H groups in total. The van der Waals surface area contributed by atoms with Crippen molar-refractivity contribution in [1.29, 1.82) is 0 Å². The molecule has 0 saturated carbocycles. The number of non-ortho nitro benzene ring substituents is 1. The lowest BCUT2D eigenvalue weighted by Gasteiger charge is -2.08. The molecule has 0 radical (unpaired) electrons. The first-order valence-corrected chi connectivity index (χ1v) is 7.93. The van der Waals surface area contributed by atoms with Crippen molar-refractivity contribution in [2.24, 2.45) is 4.99 Å². The molecule has 7 nitrogen and oxygen atoms in total. The lowest BCUT2D eigenvalue weighted by Crippen LogP contribution is -2.05. The molecule has 0 bridgehead atoms. The van der Waals surface area contributed by atoms with Crippen LogP contribution in [-0.2, 0) is 4.74 Å². The molecular formula is C16H15N2O5S-. The minimum atomic E-state index is -0.583. The Morgan fingerprint density at radius 1 is 1.42 bits per heavy atom. The average molecular weight is 347 g/mol. The monoisotopic (exact) mass is 347 g/mol. The molecule has 0 aliphatic heterocycles. The van der Waals surface area contributed by atoms with E-state index in [1.165, 1.54) is 17.6 Å². The second-order valence-electron chi connectivity index (χ2n) is 4.92. The molecule has 2 rings (SSSR count). The van der Waals surface area contributed by atoms with Gasteiger partial charge in [-0.1, -0.05) is 11.8 Å². The van der Waals surface area contributed by atoms with Crippen molar-refractivity contribution in [3.8, 4) is 5.75 Å².